The van der Waals surface area contributed by atoms with Crippen LogP contribution in [0, 0.1) is 6.92 Å². The highest BCUT2D eigenvalue weighted by atomic mass is 35.5. The molecule has 3 nitrogen and oxygen atoms in total. The molecule has 5 heteroatoms. The molecule has 19 heavy (non-hydrogen) atoms. The summed E-state index contributed by atoms with van der Waals surface area (Å²) in [5, 5.41) is 13.4. The number of rotatable bonds is 4. The van der Waals surface area contributed by atoms with Crippen molar-refractivity contribution in [1.82, 2.24) is 10.2 Å². The monoisotopic (exact) mass is 304 g/mol. The standard InChI is InChI=1S/C14H21ClN2O.ClH/c1-11-10-12(15)2-3-13(11)14(4-9-18)17-7-5-16-6-8-17;/h2-3,10,14,16,18H,4-9H2,1H3;1H/t14-;/m1./s1. The molecule has 0 unspecified atom stereocenters. The molecule has 0 radical (unpaired) electrons. The van der Waals surface area contributed by atoms with Crippen LogP contribution < -0.4 is 5.32 Å². The molecule has 1 aliphatic heterocycles. The summed E-state index contributed by atoms with van der Waals surface area (Å²) in [6.45, 7) is 6.42. The number of piperazine rings is 1. The smallest absolute Gasteiger partial charge is 0.0449 e. The van der Waals surface area contributed by atoms with Gasteiger partial charge in [-0.25, -0.2) is 0 Å². The van der Waals surface area contributed by atoms with Crippen LogP contribution in [-0.2, 0) is 0 Å². The van der Waals surface area contributed by atoms with Crippen molar-refractivity contribution in [2.75, 3.05) is 32.8 Å². The van der Waals surface area contributed by atoms with E-state index < -0.39 is 0 Å². The third kappa shape index (κ3) is 4.33. The molecule has 0 aliphatic carbocycles. The Morgan fingerprint density at radius 1 is 1.37 bits per heavy atom. The van der Waals surface area contributed by atoms with Gasteiger partial charge in [-0.3, -0.25) is 4.90 Å². The summed E-state index contributed by atoms with van der Waals surface area (Å²) in [5.41, 5.74) is 2.50. The molecule has 2 rings (SSSR count). The lowest BCUT2D eigenvalue weighted by Crippen LogP contribution is -2.45. The van der Waals surface area contributed by atoms with Crippen LogP contribution in [0.5, 0.6) is 0 Å². The lowest BCUT2D eigenvalue weighted by molar-refractivity contribution is 0.140. The van der Waals surface area contributed by atoms with Crippen molar-refractivity contribution >= 4 is 24.0 Å². The van der Waals surface area contributed by atoms with Gasteiger partial charge in [-0.05, 0) is 36.6 Å². The number of aryl methyl sites for hydroxylation is 1. The van der Waals surface area contributed by atoms with Gasteiger partial charge in [-0.15, -0.1) is 12.4 Å². The zero-order valence-corrected chi connectivity index (χ0v) is 12.8. The summed E-state index contributed by atoms with van der Waals surface area (Å²) in [5.74, 6) is 0. The number of benzene rings is 1. The Kier molecular flexibility index (Phi) is 7.11. The molecule has 0 amide bonds. The second-order valence-electron chi connectivity index (χ2n) is 4.81. The van der Waals surface area contributed by atoms with Crippen LogP contribution in [0.3, 0.4) is 0 Å². The SMILES string of the molecule is Cc1cc(Cl)ccc1[C@@H](CCO)N1CCNCC1.Cl. The number of aliphatic hydroxyl groups is 1. The van der Waals surface area contributed by atoms with Gasteiger partial charge in [0.15, 0.2) is 0 Å². The molecule has 2 N–H and O–H groups in total. The maximum atomic E-state index is 9.31. The second kappa shape index (κ2) is 8.08. The average Bonchev–Trinajstić information content (AvgIpc) is 2.38. The first-order valence-electron chi connectivity index (χ1n) is 6.54. The van der Waals surface area contributed by atoms with Gasteiger partial charge in [0.25, 0.3) is 0 Å². The number of hydrogen-bond acceptors (Lipinski definition) is 3. The third-order valence-electron chi connectivity index (χ3n) is 3.59. The molecule has 1 saturated heterocycles. The second-order valence-corrected chi connectivity index (χ2v) is 5.25. The van der Waals surface area contributed by atoms with E-state index in [9.17, 15) is 5.11 Å². The lowest BCUT2D eigenvalue weighted by atomic mass is 9.97. The normalized spacial score (nSPS) is 17.8. The van der Waals surface area contributed by atoms with Gasteiger partial charge >= 0.3 is 0 Å². The topological polar surface area (TPSA) is 35.5 Å². The molecular formula is C14H22Cl2N2O. The lowest BCUT2D eigenvalue weighted by Gasteiger charge is -2.35. The predicted molar refractivity (Wildman–Crippen MR) is 82.3 cm³/mol. The van der Waals surface area contributed by atoms with E-state index in [1.807, 2.05) is 12.1 Å². The molecule has 1 heterocycles. The van der Waals surface area contributed by atoms with E-state index in [2.05, 4.69) is 23.2 Å². The number of aliphatic hydroxyl groups excluding tert-OH is 1. The summed E-state index contributed by atoms with van der Waals surface area (Å²) in [6, 6.07) is 6.34. The summed E-state index contributed by atoms with van der Waals surface area (Å²) in [6.07, 6.45) is 0.780. The van der Waals surface area contributed by atoms with Gasteiger partial charge in [-0.1, -0.05) is 17.7 Å². The Hall–Kier alpha value is -0.320. The van der Waals surface area contributed by atoms with Crippen LogP contribution in [0.2, 0.25) is 5.02 Å². The minimum atomic E-state index is 0. The summed E-state index contributed by atoms with van der Waals surface area (Å²) in [4.78, 5) is 2.45. The average molecular weight is 305 g/mol. The maximum absolute atomic E-state index is 9.31. The van der Waals surface area contributed by atoms with Crippen molar-refractivity contribution in [2.45, 2.75) is 19.4 Å². The molecule has 0 spiro atoms. The van der Waals surface area contributed by atoms with Crippen LogP contribution in [0.1, 0.15) is 23.6 Å². The molecule has 1 aromatic carbocycles. The van der Waals surface area contributed by atoms with Crippen LogP contribution in [0.25, 0.3) is 0 Å². The molecule has 1 atom stereocenters. The van der Waals surface area contributed by atoms with Gasteiger partial charge < -0.3 is 10.4 Å². The Labute approximate surface area is 126 Å². The van der Waals surface area contributed by atoms with Crippen LogP contribution in [-0.4, -0.2) is 42.8 Å². The number of nitrogens with one attached hydrogen (secondary N) is 1. The quantitative estimate of drug-likeness (QED) is 0.896. The van der Waals surface area contributed by atoms with Crippen LogP contribution in [0.15, 0.2) is 18.2 Å². The van der Waals surface area contributed by atoms with E-state index in [4.69, 9.17) is 11.6 Å². The van der Waals surface area contributed by atoms with Crippen molar-refractivity contribution in [3.05, 3.63) is 34.3 Å². The van der Waals surface area contributed by atoms with E-state index in [0.717, 1.165) is 37.6 Å². The fraction of sp³-hybridized carbons (Fsp3) is 0.571. The van der Waals surface area contributed by atoms with Crippen molar-refractivity contribution in [2.24, 2.45) is 0 Å². The molecule has 108 valence electrons. The molecule has 1 aromatic rings. The van der Waals surface area contributed by atoms with Crippen LogP contribution >= 0.6 is 24.0 Å². The Morgan fingerprint density at radius 3 is 2.63 bits per heavy atom. The van der Waals surface area contributed by atoms with Gasteiger partial charge in [-0.2, -0.15) is 0 Å². The highest BCUT2D eigenvalue weighted by molar-refractivity contribution is 6.30. The molecule has 1 fully saturated rings. The Balaban J connectivity index is 0.00000180. The van der Waals surface area contributed by atoms with Gasteiger partial charge in [0.2, 0.25) is 0 Å². The van der Waals surface area contributed by atoms with E-state index >= 15 is 0 Å². The van der Waals surface area contributed by atoms with Crippen LogP contribution in [0.4, 0.5) is 0 Å². The van der Waals surface area contributed by atoms with E-state index in [0.29, 0.717) is 6.04 Å². The highest BCUT2D eigenvalue weighted by Gasteiger charge is 2.22. The summed E-state index contributed by atoms with van der Waals surface area (Å²) in [7, 11) is 0. The fourth-order valence-corrected chi connectivity index (χ4v) is 2.89. The fourth-order valence-electron chi connectivity index (χ4n) is 2.66. The molecule has 1 aliphatic rings. The third-order valence-corrected chi connectivity index (χ3v) is 3.82. The minimum absolute atomic E-state index is 0. The molecular weight excluding hydrogens is 283 g/mol. The first-order valence-corrected chi connectivity index (χ1v) is 6.92. The van der Waals surface area contributed by atoms with Crippen molar-refractivity contribution in [3.8, 4) is 0 Å². The Morgan fingerprint density at radius 2 is 2.05 bits per heavy atom. The molecule has 0 bridgehead atoms. The zero-order valence-electron chi connectivity index (χ0n) is 11.2. The van der Waals surface area contributed by atoms with E-state index in [-0.39, 0.29) is 19.0 Å². The van der Waals surface area contributed by atoms with Crippen molar-refractivity contribution < 1.29 is 5.11 Å². The predicted octanol–water partition coefficient (Wildman–Crippen LogP) is 2.40. The van der Waals surface area contributed by atoms with Gasteiger partial charge in [0.1, 0.15) is 0 Å². The Bertz CT molecular complexity index is 395. The summed E-state index contributed by atoms with van der Waals surface area (Å²) >= 11 is 6.01. The van der Waals surface area contributed by atoms with Crippen molar-refractivity contribution in [3.63, 3.8) is 0 Å². The zero-order chi connectivity index (χ0) is 13.0. The first-order chi connectivity index (χ1) is 8.72. The largest absolute Gasteiger partial charge is 0.396 e. The van der Waals surface area contributed by atoms with Crippen molar-refractivity contribution in [1.29, 1.82) is 0 Å². The van der Waals surface area contributed by atoms with E-state index in [1.54, 1.807) is 0 Å². The van der Waals surface area contributed by atoms with E-state index in [1.165, 1.54) is 11.1 Å². The van der Waals surface area contributed by atoms with Gasteiger partial charge in [0.05, 0.1) is 0 Å². The maximum Gasteiger partial charge on any atom is 0.0449 e. The number of halogens is 2. The molecule has 0 saturated carbocycles. The highest BCUT2D eigenvalue weighted by Crippen LogP contribution is 2.28. The number of hydrogen-bond donors (Lipinski definition) is 2. The summed E-state index contributed by atoms with van der Waals surface area (Å²) < 4.78 is 0. The minimum Gasteiger partial charge on any atom is -0.396 e. The van der Waals surface area contributed by atoms with Gasteiger partial charge in [0, 0.05) is 43.9 Å². The number of nitrogens with zero attached hydrogens (tertiary/aromatic N) is 1. The first kappa shape index (κ1) is 16.7. The molecule has 0 aromatic heterocycles.